The molecule has 7 heteroatoms. The van der Waals surface area contributed by atoms with Gasteiger partial charge in [0.15, 0.2) is 23.0 Å². The smallest absolute Gasteiger partial charge is 0.274 e. The van der Waals surface area contributed by atoms with Gasteiger partial charge in [0.05, 0.1) is 19.9 Å². The maximum absolute atomic E-state index is 13.8. The molecule has 1 saturated heterocycles. The van der Waals surface area contributed by atoms with Crippen LogP contribution >= 0.6 is 0 Å². The number of likely N-dealkylation sites (tertiary alicyclic amines) is 1. The van der Waals surface area contributed by atoms with Crippen LogP contribution in [0.15, 0.2) is 66.8 Å². The molecule has 7 nitrogen and oxygen atoms in total. The van der Waals surface area contributed by atoms with Gasteiger partial charge in [-0.05, 0) is 80.3 Å². The molecule has 0 bridgehead atoms. The van der Waals surface area contributed by atoms with Gasteiger partial charge < -0.3 is 14.4 Å². The predicted octanol–water partition coefficient (Wildman–Crippen LogP) is 6.36. The third-order valence-electron chi connectivity index (χ3n) is 8.36. The number of Topliss-reactive ketones (excluding diaryl/α,β-unsaturated/α-hetero) is 1. The summed E-state index contributed by atoms with van der Waals surface area (Å²) >= 11 is 0. The number of ether oxygens (including phenoxy) is 2. The summed E-state index contributed by atoms with van der Waals surface area (Å²) in [4.78, 5) is 28.9. The maximum Gasteiger partial charge on any atom is 0.274 e. The quantitative estimate of drug-likeness (QED) is 0.318. The highest BCUT2D eigenvalue weighted by Gasteiger charge is 2.30. The lowest BCUT2D eigenvalue weighted by Gasteiger charge is -2.25. The van der Waals surface area contributed by atoms with Crippen molar-refractivity contribution >= 4 is 17.4 Å². The molecule has 41 heavy (non-hydrogen) atoms. The monoisotopic (exact) mass is 553 g/mol. The predicted molar refractivity (Wildman–Crippen MR) is 161 cm³/mol. The first-order valence-electron chi connectivity index (χ1n) is 14.5. The maximum atomic E-state index is 13.8. The largest absolute Gasteiger partial charge is 0.493 e. The minimum absolute atomic E-state index is 0.0541. The number of carbonyl (C=O) groups is 2. The molecule has 2 aliphatic rings. The minimum Gasteiger partial charge on any atom is -0.493 e. The molecule has 1 fully saturated rings. The number of fused-ring (bicyclic) bond motifs is 1. The lowest BCUT2D eigenvalue weighted by atomic mass is 9.84. The number of aromatic nitrogens is 2. The average molecular weight is 554 g/mol. The topological polar surface area (TPSA) is 73.7 Å². The Morgan fingerprint density at radius 2 is 1.85 bits per heavy atom. The Labute approximate surface area is 242 Å². The van der Waals surface area contributed by atoms with Gasteiger partial charge in [-0.1, -0.05) is 43.3 Å². The molecule has 0 radical (unpaired) electrons. The molecule has 5 rings (SSSR count). The molecule has 0 spiro atoms. The zero-order valence-electron chi connectivity index (χ0n) is 24.4. The van der Waals surface area contributed by atoms with E-state index >= 15 is 0 Å². The summed E-state index contributed by atoms with van der Waals surface area (Å²) < 4.78 is 12.9. The van der Waals surface area contributed by atoms with Crippen LogP contribution in [0.25, 0.3) is 5.70 Å². The molecule has 1 amide bonds. The molecule has 2 aliphatic heterocycles. The number of amides is 1. The lowest BCUT2D eigenvalue weighted by molar-refractivity contribution is 0.0730. The first-order valence-corrected chi connectivity index (χ1v) is 14.5. The van der Waals surface area contributed by atoms with Crippen LogP contribution in [-0.2, 0) is 6.42 Å². The van der Waals surface area contributed by atoms with Crippen LogP contribution in [-0.4, -0.2) is 53.7 Å². The zero-order chi connectivity index (χ0) is 28.9. The van der Waals surface area contributed by atoms with Crippen molar-refractivity contribution in [3.05, 3.63) is 94.8 Å². The molecule has 2 aromatic carbocycles. The second-order valence-electron chi connectivity index (χ2n) is 11.1. The molecule has 1 unspecified atom stereocenters. The van der Waals surface area contributed by atoms with Gasteiger partial charge in [0.1, 0.15) is 0 Å². The first-order chi connectivity index (χ1) is 19.9. The Hall–Kier alpha value is -4.13. The van der Waals surface area contributed by atoms with Crippen molar-refractivity contribution in [1.82, 2.24) is 14.7 Å². The fourth-order valence-corrected chi connectivity index (χ4v) is 5.98. The third kappa shape index (κ3) is 6.14. The van der Waals surface area contributed by atoms with Crippen LogP contribution in [0.3, 0.4) is 0 Å². The van der Waals surface area contributed by atoms with E-state index in [-0.39, 0.29) is 23.5 Å². The summed E-state index contributed by atoms with van der Waals surface area (Å²) in [6, 6.07) is 15.5. The summed E-state index contributed by atoms with van der Waals surface area (Å²) in [6.45, 7) is 5.44. The van der Waals surface area contributed by atoms with E-state index in [4.69, 9.17) is 14.6 Å². The van der Waals surface area contributed by atoms with Crippen LogP contribution in [0.2, 0.25) is 0 Å². The standard InChI is InChI=1S/C34H39N3O4/c1-23-11-8-9-14-28(23)31(38)19-25-12-10-18-36(22-24(25)2)34(39)29-21-27-13-6-5-7-15-30(37(27)35-29)26-16-17-32(40-3)33(20-26)41-4/h5,7-9,11,14-17,20-21,24-25H,6,10,12-13,18-19,22H2,1-4H3/b7-5-,30-15-/t24-,25?/m0/s1. The van der Waals surface area contributed by atoms with Crippen LogP contribution in [0, 0.1) is 18.8 Å². The van der Waals surface area contributed by atoms with Gasteiger partial charge >= 0.3 is 0 Å². The molecule has 1 aromatic heterocycles. The van der Waals surface area contributed by atoms with Crippen molar-refractivity contribution in [2.45, 2.75) is 46.0 Å². The molecule has 0 N–H and O–H groups in total. The number of rotatable bonds is 7. The molecule has 3 heterocycles. The number of hydrogen-bond donors (Lipinski definition) is 0. The highest BCUT2D eigenvalue weighted by atomic mass is 16.5. The van der Waals surface area contributed by atoms with Crippen molar-refractivity contribution in [2.75, 3.05) is 27.3 Å². The number of benzene rings is 2. The van der Waals surface area contributed by atoms with E-state index in [0.29, 0.717) is 36.7 Å². The van der Waals surface area contributed by atoms with E-state index in [1.807, 2.05) is 77.2 Å². The third-order valence-corrected chi connectivity index (χ3v) is 8.36. The Balaban J connectivity index is 1.35. The Morgan fingerprint density at radius 1 is 1.05 bits per heavy atom. The number of aryl methyl sites for hydroxylation is 2. The van der Waals surface area contributed by atoms with Crippen LogP contribution < -0.4 is 9.47 Å². The fraction of sp³-hybridized carbons (Fsp3) is 0.382. The number of allylic oxidation sites excluding steroid dienone is 3. The second-order valence-corrected chi connectivity index (χ2v) is 11.1. The average Bonchev–Trinajstić information content (AvgIpc) is 3.28. The molecular formula is C34H39N3O4. The van der Waals surface area contributed by atoms with E-state index in [1.54, 1.807) is 14.2 Å². The Bertz CT molecular complexity index is 1480. The molecule has 214 valence electrons. The van der Waals surface area contributed by atoms with Crippen LogP contribution in [0.4, 0.5) is 0 Å². The fourth-order valence-electron chi connectivity index (χ4n) is 5.98. The van der Waals surface area contributed by atoms with E-state index in [9.17, 15) is 9.59 Å². The molecule has 0 saturated carbocycles. The van der Waals surface area contributed by atoms with Gasteiger partial charge in [-0.3, -0.25) is 9.59 Å². The second kappa shape index (κ2) is 12.6. The molecule has 0 aliphatic carbocycles. The Kier molecular flexibility index (Phi) is 8.72. The van der Waals surface area contributed by atoms with Gasteiger partial charge in [0.2, 0.25) is 0 Å². The summed E-state index contributed by atoms with van der Waals surface area (Å²) in [5.41, 5.74) is 5.05. The number of methoxy groups -OCH3 is 2. The van der Waals surface area contributed by atoms with E-state index in [0.717, 1.165) is 53.8 Å². The SMILES string of the molecule is COc1ccc(/C2=C/C=C\CCc3cc(C(=O)N4CCCC(CC(=O)c5ccccc5C)[C@@H](C)C4)nn32)cc1OC. The van der Waals surface area contributed by atoms with Gasteiger partial charge in [-0.25, -0.2) is 4.68 Å². The van der Waals surface area contributed by atoms with Gasteiger partial charge in [0, 0.05) is 36.3 Å². The summed E-state index contributed by atoms with van der Waals surface area (Å²) in [6.07, 6.45) is 10.2. The van der Waals surface area contributed by atoms with E-state index < -0.39 is 0 Å². The van der Waals surface area contributed by atoms with Crippen molar-refractivity contribution in [1.29, 1.82) is 0 Å². The molecular weight excluding hydrogens is 514 g/mol. The van der Waals surface area contributed by atoms with Gasteiger partial charge in [-0.15, -0.1) is 0 Å². The van der Waals surface area contributed by atoms with Crippen LogP contribution in [0.5, 0.6) is 11.5 Å². The number of ketones is 1. The van der Waals surface area contributed by atoms with Crippen molar-refractivity contribution in [3.8, 4) is 11.5 Å². The van der Waals surface area contributed by atoms with Crippen molar-refractivity contribution < 1.29 is 19.1 Å². The normalized spacial score (nSPS) is 21.0. The van der Waals surface area contributed by atoms with Gasteiger partial charge in [0.25, 0.3) is 5.91 Å². The van der Waals surface area contributed by atoms with Crippen LogP contribution in [0.1, 0.15) is 70.3 Å². The molecule has 3 aromatic rings. The highest BCUT2D eigenvalue weighted by Crippen LogP contribution is 2.33. The highest BCUT2D eigenvalue weighted by molar-refractivity contribution is 5.97. The number of hydrogen-bond acceptors (Lipinski definition) is 5. The zero-order valence-corrected chi connectivity index (χ0v) is 24.4. The summed E-state index contributed by atoms with van der Waals surface area (Å²) in [5, 5.41) is 4.85. The molecule has 2 atom stereocenters. The van der Waals surface area contributed by atoms with E-state index in [1.165, 1.54) is 0 Å². The lowest BCUT2D eigenvalue weighted by Crippen LogP contribution is -2.35. The number of carbonyl (C=O) groups excluding carboxylic acids is 2. The van der Waals surface area contributed by atoms with Crippen molar-refractivity contribution in [3.63, 3.8) is 0 Å². The summed E-state index contributed by atoms with van der Waals surface area (Å²) in [7, 11) is 3.24. The summed E-state index contributed by atoms with van der Waals surface area (Å²) in [5.74, 6) is 1.88. The number of nitrogens with zero attached hydrogens (tertiary/aromatic N) is 3. The Morgan fingerprint density at radius 3 is 2.63 bits per heavy atom. The first kappa shape index (κ1) is 28.4. The van der Waals surface area contributed by atoms with E-state index in [2.05, 4.69) is 13.0 Å². The van der Waals surface area contributed by atoms with Gasteiger partial charge in [-0.2, -0.15) is 5.10 Å². The van der Waals surface area contributed by atoms with Crippen molar-refractivity contribution in [2.24, 2.45) is 11.8 Å². The minimum atomic E-state index is -0.0541.